The first-order chi connectivity index (χ1) is 9.90. The Morgan fingerprint density at radius 2 is 1.00 bits per heavy atom. The van der Waals surface area contributed by atoms with Gasteiger partial charge in [0.2, 0.25) is 0 Å². The molecule has 0 unspecified atom stereocenters. The van der Waals surface area contributed by atoms with E-state index in [0.717, 1.165) is 5.33 Å². The summed E-state index contributed by atoms with van der Waals surface area (Å²) in [5, 5.41) is 8.95. The van der Waals surface area contributed by atoms with E-state index < -0.39 is 0 Å². The van der Waals surface area contributed by atoms with Crippen LogP contribution >= 0.6 is 15.9 Å². The molecule has 0 nitrogen and oxygen atoms in total. The molecule has 0 saturated heterocycles. The van der Waals surface area contributed by atoms with Crippen LogP contribution in [0.15, 0.2) is 66.7 Å². The topological polar surface area (TPSA) is 0 Å². The van der Waals surface area contributed by atoms with Gasteiger partial charge < -0.3 is 0 Å². The Bertz CT molecular complexity index is 893. The molecule has 0 aliphatic rings. The zero-order valence-electron chi connectivity index (χ0n) is 10.9. The van der Waals surface area contributed by atoms with E-state index in [4.69, 9.17) is 0 Å². The van der Waals surface area contributed by atoms with Gasteiger partial charge in [-0.3, -0.25) is 0 Å². The molecule has 0 amide bonds. The maximum Gasteiger partial charge on any atom is 0.0289 e. The van der Waals surface area contributed by atoms with Crippen molar-refractivity contribution < 1.29 is 0 Å². The Balaban J connectivity index is 2.42. The van der Waals surface area contributed by atoms with Crippen molar-refractivity contribution in [2.45, 2.75) is 5.33 Å². The maximum atomic E-state index is 3.63. The lowest BCUT2D eigenvalue weighted by Crippen LogP contribution is -1.87. The van der Waals surface area contributed by atoms with E-state index in [0.29, 0.717) is 0 Å². The predicted octanol–water partition coefficient (Wildman–Crippen LogP) is 6.04. The van der Waals surface area contributed by atoms with E-state index >= 15 is 0 Å². The average Bonchev–Trinajstić information content (AvgIpc) is 2.54. The molecule has 0 saturated carbocycles. The second-order valence-corrected chi connectivity index (χ2v) is 5.63. The van der Waals surface area contributed by atoms with Crippen molar-refractivity contribution in [1.29, 1.82) is 0 Å². The minimum Gasteiger partial charge on any atom is -0.0876 e. The molecule has 0 aliphatic carbocycles. The highest BCUT2D eigenvalue weighted by Gasteiger charge is 2.09. The Morgan fingerprint density at radius 1 is 0.550 bits per heavy atom. The first-order valence-electron chi connectivity index (χ1n) is 6.77. The molecule has 0 bridgehead atoms. The summed E-state index contributed by atoms with van der Waals surface area (Å²) in [6.45, 7) is 0. The number of halogens is 1. The zero-order chi connectivity index (χ0) is 13.5. The van der Waals surface area contributed by atoms with Crippen LogP contribution in [0.25, 0.3) is 32.3 Å². The molecular weight excluding hydrogens is 308 g/mol. The molecule has 0 aliphatic heterocycles. The van der Waals surface area contributed by atoms with E-state index in [9.17, 15) is 0 Å². The lowest BCUT2D eigenvalue weighted by atomic mass is 9.92. The van der Waals surface area contributed by atoms with Crippen LogP contribution in [0.2, 0.25) is 0 Å². The lowest BCUT2D eigenvalue weighted by molar-refractivity contribution is 1.50. The SMILES string of the molecule is BrCc1cccc2c3ccccc3c3ccccc3c12. The average molecular weight is 321 g/mol. The summed E-state index contributed by atoms with van der Waals surface area (Å²) in [7, 11) is 0. The van der Waals surface area contributed by atoms with Crippen LogP contribution in [-0.4, -0.2) is 0 Å². The smallest absolute Gasteiger partial charge is 0.0289 e. The Morgan fingerprint density at radius 3 is 1.55 bits per heavy atom. The van der Waals surface area contributed by atoms with E-state index in [2.05, 4.69) is 82.7 Å². The quantitative estimate of drug-likeness (QED) is 0.296. The van der Waals surface area contributed by atoms with E-state index in [1.54, 1.807) is 0 Å². The first-order valence-corrected chi connectivity index (χ1v) is 7.89. The van der Waals surface area contributed by atoms with Crippen LogP contribution in [0.1, 0.15) is 5.56 Å². The Hall–Kier alpha value is -1.86. The third kappa shape index (κ3) is 1.60. The van der Waals surface area contributed by atoms with E-state index in [-0.39, 0.29) is 0 Å². The van der Waals surface area contributed by atoms with E-state index in [1.807, 2.05) is 0 Å². The van der Waals surface area contributed by atoms with Gasteiger partial charge in [0.05, 0.1) is 0 Å². The molecule has 0 N–H and O–H groups in total. The van der Waals surface area contributed by atoms with Crippen molar-refractivity contribution in [2.24, 2.45) is 0 Å². The first kappa shape index (κ1) is 11.9. The number of hydrogen-bond donors (Lipinski definition) is 0. The molecular formula is C19H13Br. The van der Waals surface area contributed by atoms with Gasteiger partial charge in [-0.25, -0.2) is 0 Å². The summed E-state index contributed by atoms with van der Waals surface area (Å²) in [5.74, 6) is 0. The van der Waals surface area contributed by atoms with Gasteiger partial charge in [-0.05, 0) is 37.9 Å². The highest BCUT2D eigenvalue weighted by molar-refractivity contribution is 9.08. The van der Waals surface area contributed by atoms with E-state index in [1.165, 1.54) is 37.9 Å². The van der Waals surface area contributed by atoms with Crippen LogP contribution in [0.5, 0.6) is 0 Å². The normalized spacial score (nSPS) is 11.4. The van der Waals surface area contributed by atoms with Crippen molar-refractivity contribution in [3.8, 4) is 0 Å². The van der Waals surface area contributed by atoms with Crippen molar-refractivity contribution in [1.82, 2.24) is 0 Å². The van der Waals surface area contributed by atoms with Gasteiger partial charge >= 0.3 is 0 Å². The van der Waals surface area contributed by atoms with Crippen LogP contribution in [-0.2, 0) is 5.33 Å². The summed E-state index contributed by atoms with van der Waals surface area (Å²) >= 11 is 3.63. The molecule has 4 aromatic rings. The fourth-order valence-corrected chi connectivity index (χ4v) is 3.61. The standard InChI is InChI=1S/C19H13Br/c20-12-13-6-5-11-18-16-8-2-1-7-14(16)15-9-3-4-10-17(15)19(13)18/h1-11H,12H2. The molecule has 4 aromatic carbocycles. The van der Waals surface area contributed by atoms with Crippen molar-refractivity contribution >= 4 is 48.2 Å². The molecule has 20 heavy (non-hydrogen) atoms. The number of benzene rings is 4. The highest BCUT2D eigenvalue weighted by Crippen LogP contribution is 2.36. The van der Waals surface area contributed by atoms with Crippen LogP contribution in [0.4, 0.5) is 0 Å². The summed E-state index contributed by atoms with van der Waals surface area (Å²) in [5.41, 5.74) is 1.35. The van der Waals surface area contributed by atoms with Gasteiger partial charge in [0.15, 0.2) is 0 Å². The third-order valence-electron chi connectivity index (χ3n) is 4.00. The molecule has 0 atom stereocenters. The second kappa shape index (κ2) is 4.60. The summed E-state index contributed by atoms with van der Waals surface area (Å²) < 4.78 is 0. The lowest BCUT2D eigenvalue weighted by Gasteiger charge is -2.12. The molecule has 0 aromatic heterocycles. The van der Waals surface area contributed by atoms with Gasteiger partial charge in [0.1, 0.15) is 0 Å². The summed E-state index contributed by atoms with van der Waals surface area (Å²) in [6.07, 6.45) is 0. The van der Waals surface area contributed by atoms with Gasteiger partial charge in [-0.1, -0.05) is 82.7 Å². The number of fused-ring (bicyclic) bond motifs is 6. The third-order valence-corrected chi connectivity index (χ3v) is 4.60. The maximum absolute atomic E-state index is 3.63. The molecule has 0 fully saturated rings. The fourth-order valence-electron chi connectivity index (χ4n) is 3.14. The Labute approximate surface area is 126 Å². The number of rotatable bonds is 1. The van der Waals surface area contributed by atoms with Crippen LogP contribution in [0, 0.1) is 0 Å². The van der Waals surface area contributed by atoms with Crippen LogP contribution < -0.4 is 0 Å². The molecule has 96 valence electrons. The van der Waals surface area contributed by atoms with Gasteiger partial charge in [-0.15, -0.1) is 0 Å². The van der Waals surface area contributed by atoms with Crippen LogP contribution in [0.3, 0.4) is 0 Å². The molecule has 0 spiro atoms. The van der Waals surface area contributed by atoms with Gasteiger partial charge in [0, 0.05) is 5.33 Å². The summed E-state index contributed by atoms with van der Waals surface area (Å²) in [6, 6.07) is 24.0. The van der Waals surface area contributed by atoms with Crippen molar-refractivity contribution in [3.63, 3.8) is 0 Å². The van der Waals surface area contributed by atoms with Crippen molar-refractivity contribution in [2.75, 3.05) is 0 Å². The Kier molecular flexibility index (Phi) is 2.75. The number of alkyl halides is 1. The molecule has 0 radical (unpaired) electrons. The number of hydrogen-bond acceptors (Lipinski definition) is 0. The largest absolute Gasteiger partial charge is 0.0876 e. The molecule has 1 heteroatoms. The molecule has 4 rings (SSSR count). The predicted molar refractivity (Wildman–Crippen MR) is 91.6 cm³/mol. The van der Waals surface area contributed by atoms with Gasteiger partial charge in [0.25, 0.3) is 0 Å². The second-order valence-electron chi connectivity index (χ2n) is 5.06. The zero-order valence-corrected chi connectivity index (χ0v) is 12.5. The van der Waals surface area contributed by atoms with Gasteiger partial charge in [-0.2, -0.15) is 0 Å². The monoisotopic (exact) mass is 320 g/mol. The molecule has 0 heterocycles. The summed E-state index contributed by atoms with van der Waals surface area (Å²) in [4.78, 5) is 0. The minimum absolute atomic E-state index is 0.882. The fraction of sp³-hybridized carbons (Fsp3) is 0.0526. The van der Waals surface area contributed by atoms with Crippen molar-refractivity contribution in [3.05, 3.63) is 72.3 Å². The minimum atomic E-state index is 0.882. The highest BCUT2D eigenvalue weighted by atomic mass is 79.9.